The van der Waals surface area contributed by atoms with Crippen molar-refractivity contribution in [3.05, 3.63) is 59.7 Å². The number of benzene rings is 2. The molecule has 2 aromatic rings. The smallest absolute Gasteiger partial charge is 0.338 e. The average molecular weight is 384 g/mol. The molecule has 7 nitrogen and oxygen atoms in total. The molecule has 2 amide bonds. The van der Waals surface area contributed by atoms with Crippen molar-refractivity contribution in [2.24, 2.45) is 5.73 Å². The molecule has 0 heterocycles. The average Bonchev–Trinajstić information content (AvgIpc) is 2.64. The lowest BCUT2D eigenvalue weighted by Crippen LogP contribution is -2.21. The van der Waals surface area contributed by atoms with Gasteiger partial charge in [0.2, 0.25) is 0 Å². The highest BCUT2D eigenvalue weighted by atomic mass is 16.5. The lowest BCUT2D eigenvalue weighted by atomic mass is 9.87. The Labute approximate surface area is 163 Å². The van der Waals surface area contributed by atoms with Crippen LogP contribution >= 0.6 is 0 Å². The minimum atomic E-state index is -0.639. The zero-order valence-electron chi connectivity index (χ0n) is 16.2. The van der Waals surface area contributed by atoms with Crippen LogP contribution in [0.5, 0.6) is 5.75 Å². The van der Waals surface area contributed by atoms with Crippen LogP contribution in [0.15, 0.2) is 48.5 Å². The SMILES string of the molecule is CC(C)(C)c1ccc(NC(=O)COC(=O)c2ccc(OCC(N)=O)cc2)cc1. The molecule has 7 heteroatoms. The highest BCUT2D eigenvalue weighted by molar-refractivity contribution is 5.95. The van der Waals surface area contributed by atoms with Crippen molar-refractivity contribution in [2.75, 3.05) is 18.5 Å². The molecule has 148 valence electrons. The summed E-state index contributed by atoms with van der Waals surface area (Å²) in [6.07, 6.45) is 0. The van der Waals surface area contributed by atoms with E-state index in [1.54, 1.807) is 0 Å². The Balaban J connectivity index is 1.83. The first kappa shape index (κ1) is 21.0. The van der Waals surface area contributed by atoms with Crippen LogP contribution in [0.3, 0.4) is 0 Å². The first-order chi connectivity index (χ1) is 13.1. The van der Waals surface area contributed by atoms with E-state index in [1.807, 2.05) is 24.3 Å². The lowest BCUT2D eigenvalue weighted by Gasteiger charge is -2.19. The van der Waals surface area contributed by atoms with E-state index in [4.69, 9.17) is 15.2 Å². The van der Waals surface area contributed by atoms with Gasteiger partial charge < -0.3 is 20.5 Å². The van der Waals surface area contributed by atoms with Crippen LogP contribution in [0, 0.1) is 0 Å². The Kier molecular flexibility index (Phi) is 6.76. The Morgan fingerprint density at radius 1 is 0.929 bits per heavy atom. The van der Waals surface area contributed by atoms with Gasteiger partial charge in [0.25, 0.3) is 11.8 Å². The van der Waals surface area contributed by atoms with Gasteiger partial charge in [-0.3, -0.25) is 9.59 Å². The van der Waals surface area contributed by atoms with Gasteiger partial charge in [0, 0.05) is 5.69 Å². The summed E-state index contributed by atoms with van der Waals surface area (Å²) in [5.74, 6) is -1.27. The maximum Gasteiger partial charge on any atom is 0.338 e. The fourth-order valence-electron chi connectivity index (χ4n) is 2.31. The molecule has 0 aromatic heterocycles. The molecule has 0 bridgehead atoms. The molecule has 0 atom stereocenters. The van der Waals surface area contributed by atoms with Crippen molar-refractivity contribution in [3.63, 3.8) is 0 Å². The van der Waals surface area contributed by atoms with Crippen LogP contribution < -0.4 is 15.8 Å². The van der Waals surface area contributed by atoms with E-state index >= 15 is 0 Å². The minimum absolute atomic E-state index is 0.0263. The number of ether oxygens (including phenoxy) is 2. The number of hydrogen-bond acceptors (Lipinski definition) is 5. The van der Waals surface area contributed by atoms with E-state index in [-0.39, 0.29) is 17.6 Å². The number of rotatable bonds is 7. The summed E-state index contributed by atoms with van der Waals surface area (Å²) in [5, 5.41) is 2.68. The molecular weight excluding hydrogens is 360 g/mol. The van der Waals surface area contributed by atoms with E-state index < -0.39 is 24.4 Å². The lowest BCUT2D eigenvalue weighted by molar-refractivity contribution is -0.120. The molecule has 0 spiro atoms. The maximum absolute atomic E-state index is 12.0. The molecule has 2 rings (SSSR count). The number of carbonyl (C=O) groups excluding carboxylic acids is 3. The van der Waals surface area contributed by atoms with E-state index in [9.17, 15) is 14.4 Å². The maximum atomic E-state index is 12.0. The first-order valence-corrected chi connectivity index (χ1v) is 8.74. The summed E-state index contributed by atoms with van der Waals surface area (Å²) >= 11 is 0. The third-order valence-electron chi connectivity index (χ3n) is 3.84. The molecule has 0 aliphatic rings. The van der Waals surface area contributed by atoms with E-state index in [1.165, 1.54) is 24.3 Å². The number of primary amides is 1. The van der Waals surface area contributed by atoms with E-state index in [2.05, 4.69) is 26.1 Å². The van der Waals surface area contributed by atoms with Crippen LogP contribution in [-0.2, 0) is 19.7 Å². The largest absolute Gasteiger partial charge is 0.484 e. The summed E-state index contributed by atoms with van der Waals surface area (Å²) in [7, 11) is 0. The van der Waals surface area contributed by atoms with Crippen LogP contribution in [-0.4, -0.2) is 31.0 Å². The van der Waals surface area contributed by atoms with Crippen LogP contribution in [0.2, 0.25) is 0 Å². The van der Waals surface area contributed by atoms with Crippen LogP contribution in [0.4, 0.5) is 5.69 Å². The summed E-state index contributed by atoms with van der Waals surface area (Å²) < 4.78 is 10.1. The topological polar surface area (TPSA) is 108 Å². The van der Waals surface area contributed by atoms with Gasteiger partial charge in [0.1, 0.15) is 5.75 Å². The molecule has 0 aliphatic carbocycles. The summed E-state index contributed by atoms with van der Waals surface area (Å²) in [5.41, 5.74) is 7.06. The molecule has 0 fully saturated rings. The van der Waals surface area contributed by atoms with Gasteiger partial charge >= 0.3 is 5.97 Å². The quantitative estimate of drug-likeness (QED) is 0.714. The highest BCUT2D eigenvalue weighted by Gasteiger charge is 2.14. The second kappa shape index (κ2) is 9.03. The second-order valence-corrected chi connectivity index (χ2v) is 7.23. The van der Waals surface area contributed by atoms with Gasteiger partial charge in [-0.05, 0) is 47.4 Å². The predicted molar refractivity (Wildman–Crippen MR) is 105 cm³/mol. The van der Waals surface area contributed by atoms with Gasteiger partial charge in [0.05, 0.1) is 5.56 Å². The Hall–Kier alpha value is -3.35. The van der Waals surface area contributed by atoms with Gasteiger partial charge in [0.15, 0.2) is 13.2 Å². The molecule has 0 aliphatic heterocycles. The number of nitrogens with two attached hydrogens (primary N) is 1. The Bertz CT molecular complexity index is 837. The number of carbonyl (C=O) groups is 3. The minimum Gasteiger partial charge on any atom is -0.484 e. The number of esters is 1. The van der Waals surface area contributed by atoms with Crippen molar-refractivity contribution < 1.29 is 23.9 Å². The molecule has 3 N–H and O–H groups in total. The molecular formula is C21H24N2O5. The number of anilines is 1. The summed E-state index contributed by atoms with van der Waals surface area (Å²) in [6, 6.07) is 13.5. The standard InChI is InChI=1S/C21H24N2O5/c1-21(2,3)15-6-8-16(9-7-15)23-19(25)13-28-20(26)14-4-10-17(11-5-14)27-12-18(22)24/h4-11H,12-13H2,1-3H3,(H2,22,24)(H,23,25). The van der Waals surface area contributed by atoms with Gasteiger partial charge in [-0.2, -0.15) is 0 Å². The van der Waals surface area contributed by atoms with E-state index in [0.29, 0.717) is 11.4 Å². The van der Waals surface area contributed by atoms with Crippen molar-refractivity contribution in [3.8, 4) is 5.75 Å². The number of nitrogens with one attached hydrogen (secondary N) is 1. The van der Waals surface area contributed by atoms with Crippen molar-refractivity contribution in [1.29, 1.82) is 0 Å². The number of hydrogen-bond donors (Lipinski definition) is 2. The molecule has 28 heavy (non-hydrogen) atoms. The highest BCUT2D eigenvalue weighted by Crippen LogP contribution is 2.23. The van der Waals surface area contributed by atoms with Gasteiger partial charge in [-0.15, -0.1) is 0 Å². The molecule has 0 unspecified atom stereocenters. The fraction of sp³-hybridized carbons (Fsp3) is 0.286. The van der Waals surface area contributed by atoms with E-state index in [0.717, 1.165) is 5.56 Å². The monoisotopic (exact) mass is 384 g/mol. The zero-order valence-corrected chi connectivity index (χ0v) is 16.2. The zero-order chi connectivity index (χ0) is 20.7. The Morgan fingerprint density at radius 3 is 2.07 bits per heavy atom. The fourth-order valence-corrected chi connectivity index (χ4v) is 2.31. The normalized spacial score (nSPS) is 10.8. The van der Waals surface area contributed by atoms with Gasteiger partial charge in [-0.25, -0.2) is 4.79 Å². The van der Waals surface area contributed by atoms with Gasteiger partial charge in [-0.1, -0.05) is 32.9 Å². The van der Waals surface area contributed by atoms with Crippen LogP contribution in [0.1, 0.15) is 36.7 Å². The summed E-state index contributed by atoms with van der Waals surface area (Å²) in [4.78, 5) is 34.7. The predicted octanol–water partition coefficient (Wildman–Crippen LogP) is 2.64. The Morgan fingerprint density at radius 2 is 1.54 bits per heavy atom. The van der Waals surface area contributed by atoms with Crippen LogP contribution in [0.25, 0.3) is 0 Å². The first-order valence-electron chi connectivity index (χ1n) is 8.74. The van der Waals surface area contributed by atoms with Crippen molar-refractivity contribution >= 4 is 23.5 Å². The molecule has 0 saturated carbocycles. The second-order valence-electron chi connectivity index (χ2n) is 7.23. The summed E-state index contributed by atoms with van der Waals surface area (Å²) in [6.45, 7) is 5.67. The molecule has 2 aromatic carbocycles. The van der Waals surface area contributed by atoms with Crippen molar-refractivity contribution in [1.82, 2.24) is 0 Å². The molecule has 0 radical (unpaired) electrons. The third-order valence-corrected chi connectivity index (χ3v) is 3.84. The number of amides is 2. The van der Waals surface area contributed by atoms with Crippen molar-refractivity contribution in [2.45, 2.75) is 26.2 Å². The third kappa shape index (κ3) is 6.42. The molecule has 0 saturated heterocycles.